The number of rotatable bonds is 6. The third-order valence-corrected chi connectivity index (χ3v) is 4.10. The summed E-state index contributed by atoms with van der Waals surface area (Å²) in [7, 11) is 0. The number of nitrogens with one attached hydrogen (secondary N) is 2. The number of aliphatic imine (C=N–C) groups is 1. The van der Waals surface area contributed by atoms with Crippen LogP contribution in [0.4, 0.5) is 13.2 Å². The zero-order chi connectivity index (χ0) is 18.3. The molecule has 1 aromatic rings. The average Bonchev–Trinajstić information content (AvgIpc) is 2.95. The van der Waals surface area contributed by atoms with Gasteiger partial charge in [0, 0.05) is 24.6 Å². The van der Waals surface area contributed by atoms with Crippen LogP contribution in [0.2, 0.25) is 0 Å². The standard InChI is InChI=1S/C17H24F3N3O2.HI/c1-2-21-16(22-10-12-7-5-8-14(12)24)23-11-13-6-3-4-9-15(13)25-17(18,19)20;/h3-4,6,9,12,14,24H,2,5,7-8,10-11H2,1H3,(H2,21,22,23);1H. The van der Waals surface area contributed by atoms with Crippen LogP contribution in [0, 0.1) is 5.92 Å². The lowest BCUT2D eigenvalue weighted by Gasteiger charge is -2.18. The highest BCUT2D eigenvalue weighted by molar-refractivity contribution is 14.0. The van der Waals surface area contributed by atoms with Crippen molar-refractivity contribution in [3.63, 3.8) is 0 Å². The summed E-state index contributed by atoms with van der Waals surface area (Å²) >= 11 is 0. The van der Waals surface area contributed by atoms with E-state index in [2.05, 4.69) is 20.4 Å². The summed E-state index contributed by atoms with van der Waals surface area (Å²) in [6.07, 6.45) is -2.28. The molecule has 2 atom stereocenters. The molecule has 2 unspecified atom stereocenters. The normalized spacial score (nSPS) is 20.4. The Kier molecular flexibility index (Phi) is 9.48. The lowest BCUT2D eigenvalue weighted by atomic mass is 10.1. The lowest BCUT2D eigenvalue weighted by Crippen LogP contribution is -2.41. The van der Waals surface area contributed by atoms with Crippen molar-refractivity contribution < 1.29 is 23.0 Å². The molecular weight excluding hydrogens is 462 g/mol. The summed E-state index contributed by atoms with van der Waals surface area (Å²) in [4.78, 5) is 4.33. The van der Waals surface area contributed by atoms with E-state index in [0.717, 1.165) is 19.3 Å². The number of benzene rings is 1. The summed E-state index contributed by atoms with van der Waals surface area (Å²) < 4.78 is 41.4. The van der Waals surface area contributed by atoms with Gasteiger partial charge in [-0.25, -0.2) is 4.99 Å². The van der Waals surface area contributed by atoms with E-state index in [-0.39, 0.29) is 48.3 Å². The smallest absolute Gasteiger partial charge is 0.405 e. The molecule has 1 saturated carbocycles. The molecule has 1 aromatic carbocycles. The van der Waals surface area contributed by atoms with Crippen molar-refractivity contribution in [3.05, 3.63) is 29.8 Å². The van der Waals surface area contributed by atoms with Crippen molar-refractivity contribution in [1.29, 1.82) is 0 Å². The fourth-order valence-electron chi connectivity index (χ4n) is 2.85. The van der Waals surface area contributed by atoms with Crippen molar-refractivity contribution in [2.75, 3.05) is 13.1 Å². The first-order valence-corrected chi connectivity index (χ1v) is 8.43. The van der Waals surface area contributed by atoms with Gasteiger partial charge in [0.05, 0.1) is 12.6 Å². The molecule has 1 aliphatic carbocycles. The van der Waals surface area contributed by atoms with Gasteiger partial charge in [-0.05, 0) is 25.8 Å². The SMILES string of the molecule is CCNC(=NCc1ccccc1OC(F)(F)F)NCC1CCCC1O.I. The first kappa shape index (κ1) is 22.8. The van der Waals surface area contributed by atoms with E-state index in [1.54, 1.807) is 12.1 Å². The topological polar surface area (TPSA) is 65.9 Å². The van der Waals surface area contributed by atoms with Crippen LogP contribution in [0.3, 0.4) is 0 Å². The molecule has 0 heterocycles. The van der Waals surface area contributed by atoms with Crippen molar-refractivity contribution in [3.8, 4) is 5.75 Å². The number of aliphatic hydroxyl groups is 1. The van der Waals surface area contributed by atoms with Gasteiger partial charge in [-0.1, -0.05) is 24.6 Å². The second-order valence-electron chi connectivity index (χ2n) is 5.99. The van der Waals surface area contributed by atoms with Crippen LogP contribution in [-0.4, -0.2) is 36.6 Å². The second-order valence-corrected chi connectivity index (χ2v) is 5.99. The molecule has 0 saturated heterocycles. The Bertz CT molecular complexity index is 585. The van der Waals surface area contributed by atoms with E-state index in [1.807, 2.05) is 6.92 Å². The molecule has 26 heavy (non-hydrogen) atoms. The third kappa shape index (κ3) is 7.56. The maximum Gasteiger partial charge on any atom is 0.573 e. The summed E-state index contributed by atoms with van der Waals surface area (Å²) in [5.41, 5.74) is 0.345. The second kappa shape index (κ2) is 10.8. The number of halogens is 4. The van der Waals surface area contributed by atoms with Crippen LogP contribution in [0.15, 0.2) is 29.3 Å². The largest absolute Gasteiger partial charge is 0.573 e. The summed E-state index contributed by atoms with van der Waals surface area (Å²) in [6.45, 7) is 3.16. The molecule has 0 aliphatic heterocycles. The van der Waals surface area contributed by atoms with Gasteiger partial charge in [-0.15, -0.1) is 37.1 Å². The lowest BCUT2D eigenvalue weighted by molar-refractivity contribution is -0.274. The van der Waals surface area contributed by atoms with E-state index < -0.39 is 6.36 Å². The highest BCUT2D eigenvalue weighted by Gasteiger charge is 2.32. The van der Waals surface area contributed by atoms with Gasteiger partial charge in [-0.2, -0.15) is 0 Å². The predicted octanol–water partition coefficient (Wildman–Crippen LogP) is 3.42. The Hall–Kier alpha value is -1.23. The van der Waals surface area contributed by atoms with Gasteiger partial charge in [0.15, 0.2) is 5.96 Å². The molecule has 2 rings (SSSR count). The molecule has 9 heteroatoms. The molecule has 1 fully saturated rings. The van der Waals surface area contributed by atoms with Crippen molar-refractivity contribution >= 4 is 29.9 Å². The minimum atomic E-state index is -4.73. The molecule has 0 aromatic heterocycles. The molecule has 0 bridgehead atoms. The number of nitrogens with zero attached hydrogens (tertiary/aromatic N) is 1. The van der Waals surface area contributed by atoms with Crippen LogP contribution >= 0.6 is 24.0 Å². The fraction of sp³-hybridized carbons (Fsp3) is 0.588. The van der Waals surface area contributed by atoms with E-state index in [9.17, 15) is 18.3 Å². The van der Waals surface area contributed by atoms with Crippen LogP contribution < -0.4 is 15.4 Å². The minimum Gasteiger partial charge on any atom is -0.405 e. The Balaban J connectivity index is 0.00000338. The molecule has 0 spiro atoms. The first-order valence-electron chi connectivity index (χ1n) is 8.43. The quantitative estimate of drug-likeness (QED) is 0.327. The van der Waals surface area contributed by atoms with Crippen LogP contribution in [-0.2, 0) is 6.54 Å². The number of hydrogen-bond donors (Lipinski definition) is 3. The van der Waals surface area contributed by atoms with Crippen molar-refractivity contribution in [2.45, 2.75) is 45.2 Å². The zero-order valence-electron chi connectivity index (χ0n) is 14.6. The third-order valence-electron chi connectivity index (χ3n) is 4.10. The summed E-state index contributed by atoms with van der Waals surface area (Å²) in [6, 6.07) is 5.95. The first-order chi connectivity index (χ1) is 11.9. The van der Waals surface area contributed by atoms with Crippen LogP contribution in [0.1, 0.15) is 31.7 Å². The Labute approximate surface area is 168 Å². The molecule has 3 N–H and O–H groups in total. The predicted molar refractivity (Wildman–Crippen MR) is 105 cm³/mol. The minimum absolute atomic E-state index is 0. The van der Waals surface area contributed by atoms with Gasteiger partial charge in [-0.3, -0.25) is 0 Å². The molecule has 0 amide bonds. The van der Waals surface area contributed by atoms with Crippen molar-refractivity contribution in [2.24, 2.45) is 10.9 Å². The molecule has 0 radical (unpaired) electrons. The number of guanidine groups is 1. The summed E-state index contributed by atoms with van der Waals surface area (Å²) in [5, 5.41) is 16.1. The van der Waals surface area contributed by atoms with Gasteiger partial charge in [0.25, 0.3) is 0 Å². The van der Waals surface area contributed by atoms with E-state index >= 15 is 0 Å². The van der Waals surface area contributed by atoms with Gasteiger partial charge < -0.3 is 20.5 Å². The Morgan fingerprint density at radius 1 is 1.27 bits per heavy atom. The average molecular weight is 487 g/mol. The van der Waals surface area contributed by atoms with Crippen molar-refractivity contribution in [1.82, 2.24) is 10.6 Å². The maximum atomic E-state index is 12.5. The number of para-hydroxylation sites is 1. The fourth-order valence-corrected chi connectivity index (χ4v) is 2.85. The number of aliphatic hydroxyl groups excluding tert-OH is 1. The molecule has 5 nitrogen and oxygen atoms in total. The van der Waals surface area contributed by atoms with Gasteiger partial charge in [0.2, 0.25) is 0 Å². The Morgan fingerprint density at radius 2 is 2.00 bits per heavy atom. The van der Waals surface area contributed by atoms with E-state index in [1.165, 1.54) is 12.1 Å². The van der Waals surface area contributed by atoms with Gasteiger partial charge in [0.1, 0.15) is 5.75 Å². The molecular formula is C17H25F3IN3O2. The monoisotopic (exact) mass is 487 g/mol. The zero-order valence-corrected chi connectivity index (χ0v) is 16.9. The number of hydrogen-bond acceptors (Lipinski definition) is 3. The van der Waals surface area contributed by atoms with Crippen LogP contribution in [0.5, 0.6) is 5.75 Å². The summed E-state index contributed by atoms with van der Waals surface area (Å²) in [5.74, 6) is 0.425. The molecule has 148 valence electrons. The number of alkyl halides is 3. The highest BCUT2D eigenvalue weighted by Crippen LogP contribution is 2.27. The van der Waals surface area contributed by atoms with Crippen LogP contribution in [0.25, 0.3) is 0 Å². The number of ether oxygens (including phenoxy) is 1. The maximum absolute atomic E-state index is 12.5. The highest BCUT2D eigenvalue weighted by atomic mass is 127. The van der Waals surface area contributed by atoms with Gasteiger partial charge >= 0.3 is 6.36 Å². The molecule has 1 aliphatic rings. The Morgan fingerprint density at radius 3 is 2.62 bits per heavy atom. The van der Waals surface area contributed by atoms with E-state index in [0.29, 0.717) is 24.6 Å². The van der Waals surface area contributed by atoms with E-state index in [4.69, 9.17) is 0 Å².